The number of halogens is 2. The van der Waals surface area contributed by atoms with Crippen LogP contribution in [-0.2, 0) is 6.61 Å². The SMILES string of the molecule is O=C(Nc1cc(-c2ccc(CO)o2)ccc1Cl)c1cncc(Br)c1. The minimum absolute atomic E-state index is 0.174. The van der Waals surface area contributed by atoms with Crippen molar-refractivity contribution in [1.29, 1.82) is 0 Å². The molecule has 3 rings (SSSR count). The van der Waals surface area contributed by atoms with Crippen molar-refractivity contribution in [3.8, 4) is 11.3 Å². The zero-order valence-corrected chi connectivity index (χ0v) is 14.6. The Hall–Kier alpha value is -2.15. The van der Waals surface area contributed by atoms with E-state index in [-0.39, 0.29) is 12.5 Å². The molecule has 0 aliphatic rings. The first kappa shape index (κ1) is 16.7. The first-order valence-electron chi connectivity index (χ1n) is 6.98. The van der Waals surface area contributed by atoms with Crippen LogP contribution in [0.5, 0.6) is 0 Å². The molecule has 1 aromatic carbocycles. The average Bonchev–Trinajstić information content (AvgIpc) is 3.06. The van der Waals surface area contributed by atoms with Crippen molar-refractivity contribution < 1.29 is 14.3 Å². The quantitative estimate of drug-likeness (QED) is 0.667. The summed E-state index contributed by atoms with van der Waals surface area (Å²) in [6.07, 6.45) is 3.07. The van der Waals surface area contributed by atoms with Crippen molar-refractivity contribution in [2.45, 2.75) is 6.61 Å². The zero-order valence-electron chi connectivity index (χ0n) is 12.3. The normalized spacial score (nSPS) is 10.6. The molecule has 2 N–H and O–H groups in total. The molecule has 2 aromatic heterocycles. The lowest BCUT2D eigenvalue weighted by molar-refractivity contribution is 0.102. The standard InChI is InChI=1S/C17H12BrClN2O3/c18-12-5-11(7-20-8-12)17(23)21-15-6-10(1-3-14(15)19)16-4-2-13(9-22)24-16/h1-8,22H,9H2,(H,21,23). The van der Waals surface area contributed by atoms with Gasteiger partial charge in [0, 0.05) is 22.4 Å². The zero-order chi connectivity index (χ0) is 17.1. The molecule has 0 saturated carbocycles. The maximum absolute atomic E-state index is 12.3. The summed E-state index contributed by atoms with van der Waals surface area (Å²) in [7, 11) is 0. The van der Waals surface area contributed by atoms with Gasteiger partial charge in [-0.25, -0.2) is 0 Å². The highest BCUT2D eigenvalue weighted by Gasteiger charge is 2.12. The molecule has 0 aliphatic heterocycles. The largest absolute Gasteiger partial charge is 0.459 e. The molecule has 0 unspecified atom stereocenters. The lowest BCUT2D eigenvalue weighted by Gasteiger charge is -2.09. The fraction of sp³-hybridized carbons (Fsp3) is 0.0588. The van der Waals surface area contributed by atoms with E-state index in [0.29, 0.717) is 32.3 Å². The third-order valence-corrected chi connectivity index (χ3v) is 4.05. The minimum atomic E-state index is -0.321. The summed E-state index contributed by atoms with van der Waals surface area (Å²) in [6.45, 7) is -0.174. The Morgan fingerprint density at radius 2 is 2.08 bits per heavy atom. The molecule has 0 radical (unpaired) electrons. The van der Waals surface area contributed by atoms with Crippen LogP contribution in [0.3, 0.4) is 0 Å². The number of amides is 1. The Labute approximate surface area is 151 Å². The molecule has 0 fully saturated rings. The molecule has 0 aliphatic carbocycles. The second-order valence-electron chi connectivity index (χ2n) is 4.96. The fourth-order valence-corrected chi connectivity index (χ4v) is 2.65. The average molecular weight is 408 g/mol. The molecule has 7 heteroatoms. The van der Waals surface area contributed by atoms with Crippen LogP contribution in [-0.4, -0.2) is 16.0 Å². The van der Waals surface area contributed by atoms with Gasteiger partial charge in [-0.1, -0.05) is 11.6 Å². The number of nitrogens with one attached hydrogen (secondary N) is 1. The molecule has 3 aromatic rings. The van der Waals surface area contributed by atoms with E-state index in [4.69, 9.17) is 21.1 Å². The van der Waals surface area contributed by atoms with Gasteiger partial charge < -0.3 is 14.8 Å². The van der Waals surface area contributed by atoms with Gasteiger partial charge in [0.15, 0.2) is 0 Å². The Bertz CT molecular complexity index is 895. The number of hydrogen-bond acceptors (Lipinski definition) is 4. The van der Waals surface area contributed by atoms with Crippen molar-refractivity contribution in [1.82, 2.24) is 4.98 Å². The highest BCUT2D eigenvalue weighted by molar-refractivity contribution is 9.10. The number of rotatable bonds is 4. The number of carbonyl (C=O) groups is 1. The number of hydrogen-bond donors (Lipinski definition) is 2. The van der Waals surface area contributed by atoms with Crippen LogP contribution in [0.1, 0.15) is 16.1 Å². The molecular formula is C17H12BrClN2O3. The lowest BCUT2D eigenvalue weighted by Crippen LogP contribution is -2.12. The highest BCUT2D eigenvalue weighted by Crippen LogP contribution is 2.30. The maximum atomic E-state index is 12.3. The number of aromatic nitrogens is 1. The molecule has 0 spiro atoms. The molecular weight excluding hydrogens is 396 g/mol. The molecule has 122 valence electrons. The van der Waals surface area contributed by atoms with Gasteiger partial charge in [-0.2, -0.15) is 0 Å². The van der Waals surface area contributed by atoms with E-state index in [9.17, 15) is 4.79 Å². The molecule has 0 saturated heterocycles. The Kier molecular flexibility index (Phi) is 4.99. The first-order valence-corrected chi connectivity index (χ1v) is 8.15. The highest BCUT2D eigenvalue weighted by atomic mass is 79.9. The third kappa shape index (κ3) is 3.67. The van der Waals surface area contributed by atoms with E-state index >= 15 is 0 Å². The van der Waals surface area contributed by atoms with Crippen LogP contribution in [0.2, 0.25) is 5.02 Å². The lowest BCUT2D eigenvalue weighted by atomic mass is 10.1. The van der Waals surface area contributed by atoms with Gasteiger partial charge in [0.2, 0.25) is 0 Å². The second kappa shape index (κ2) is 7.17. The fourth-order valence-electron chi connectivity index (χ4n) is 2.12. The third-order valence-electron chi connectivity index (χ3n) is 3.28. The predicted octanol–water partition coefficient (Wildman–Crippen LogP) is 4.50. The Morgan fingerprint density at radius 3 is 2.79 bits per heavy atom. The molecule has 5 nitrogen and oxygen atoms in total. The number of pyridine rings is 1. The van der Waals surface area contributed by atoms with E-state index < -0.39 is 0 Å². The number of carbonyl (C=O) groups excluding carboxylic acids is 1. The molecule has 0 bridgehead atoms. The van der Waals surface area contributed by atoms with E-state index in [0.717, 1.165) is 5.56 Å². The van der Waals surface area contributed by atoms with Gasteiger partial charge in [-0.15, -0.1) is 0 Å². The van der Waals surface area contributed by atoms with Crippen molar-refractivity contribution in [2.24, 2.45) is 0 Å². The second-order valence-corrected chi connectivity index (χ2v) is 6.29. The summed E-state index contributed by atoms with van der Waals surface area (Å²) < 4.78 is 6.21. The molecule has 1 amide bonds. The first-order chi connectivity index (χ1) is 11.6. The van der Waals surface area contributed by atoms with Gasteiger partial charge in [0.05, 0.1) is 16.3 Å². The van der Waals surface area contributed by atoms with E-state index in [1.165, 1.54) is 6.20 Å². The summed E-state index contributed by atoms with van der Waals surface area (Å²) in [5, 5.41) is 12.3. The number of aliphatic hydroxyl groups is 1. The van der Waals surface area contributed by atoms with Crippen molar-refractivity contribution in [3.63, 3.8) is 0 Å². The van der Waals surface area contributed by atoms with Gasteiger partial charge in [0.1, 0.15) is 18.1 Å². The summed E-state index contributed by atoms with van der Waals surface area (Å²) in [5.74, 6) is 0.722. The molecule has 2 heterocycles. The topological polar surface area (TPSA) is 75.4 Å². The van der Waals surface area contributed by atoms with Crippen molar-refractivity contribution in [3.05, 3.63) is 69.6 Å². The van der Waals surface area contributed by atoms with Crippen molar-refractivity contribution in [2.75, 3.05) is 5.32 Å². The Morgan fingerprint density at radius 1 is 1.25 bits per heavy atom. The summed E-state index contributed by atoms with van der Waals surface area (Å²) in [5.41, 5.74) is 1.61. The Balaban J connectivity index is 1.87. The summed E-state index contributed by atoms with van der Waals surface area (Å²) >= 11 is 9.45. The number of aliphatic hydroxyl groups excluding tert-OH is 1. The summed E-state index contributed by atoms with van der Waals surface area (Å²) in [6, 6.07) is 10.3. The monoisotopic (exact) mass is 406 g/mol. The van der Waals surface area contributed by atoms with Crippen LogP contribution < -0.4 is 5.32 Å². The van der Waals surface area contributed by atoms with Crippen LogP contribution >= 0.6 is 27.5 Å². The van der Waals surface area contributed by atoms with Crippen LogP contribution in [0, 0.1) is 0 Å². The van der Waals surface area contributed by atoms with Crippen molar-refractivity contribution >= 4 is 39.1 Å². The van der Waals surface area contributed by atoms with Crippen LogP contribution in [0.25, 0.3) is 11.3 Å². The van der Waals surface area contributed by atoms with E-state index in [1.54, 1.807) is 42.6 Å². The number of anilines is 1. The number of nitrogens with zero attached hydrogens (tertiary/aromatic N) is 1. The smallest absolute Gasteiger partial charge is 0.257 e. The molecule has 0 atom stereocenters. The van der Waals surface area contributed by atoms with Gasteiger partial charge in [0.25, 0.3) is 5.91 Å². The predicted molar refractivity (Wildman–Crippen MR) is 95.0 cm³/mol. The van der Waals surface area contributed by atoms with Crippen LogP contribution in [0.4, 0.5) is 5.69 Å². The van der Waals surface area contributed by atoms with Gasteiger partial charge in [-0.3, -0.25) is 9.78 Å². The van der Waals surface area contributed by atoms with Gasteiger partial charge >= 0.3 is 0 Å². The van der Waals surface area contributed by atoms with Crippen LogP contribution in [0.15, 0.2) is 57.7 Å². The van der Waals surface area contributed by atoms with E-state index in [1.807, 2.05) is 0 Å². The molecule has 24 heavy (non-hydrogen) atoms. The van der Waals surface area contributed by atoms with E-state index in [2.05, 4.69) is 26.2 Å². The minimum Gasteiger partial charge on any atom is -0.459 e. The number of benzene rings is 1. The maximum Gasteiger partial charge on any atom is 0.257 e. The summed E-state index contributed by atoms with van der Waals surface area (Å²) in [4.78, 5) is 16.3. The van der Waals surface area contributed by atoms with Gasteiger partial charge in [-0.05, 0) is 52.3 Å². The number of furan rings is 1.